The van der Waals surface area contributed by atoms with Crippen LogP contribution in [-0.2, 0) is 0 Å². The van der Waals surface area contributed by atoms with E-state index in [1.807, 2.05) is 36.4 Å². The van der Waals surface area contributed by atoms with E-state index in [0.717, 1.165) is 38.6 Å². The highest BCUT2D eigenvalue weighted by Crippen LogP contribution is 2.35. The highest BCUT2D eigenvalue weighted by molar-refractivity contribution is 6.13. The van der Waals surface area contributed by atoms with Crippen LogP contribution in [0.2, 0.25) is 0 Å². The van der Waals surface area contributed by atoms with Crippen molar-refractivity contribution in [1.29, 1.82) is 0 Å². The molecule has 5 rings (SSSR count). The molecule has 23 heavy (non-hydrogen) atoms. The Morgan fingerprint density at radius 1 is 0.826 bits per heavy atom. The Bertz CT molecular complexity index is 1160. The van der Waals surface area contributed by atoms with Gasteiger partial charge in [-0.15, -0.1) is 10.2 Å². The van der Waals surface area contributed by atoms with Gasteiger partial charge < -0.3 is 0 Å². The predicted molar refractivity (Wildman–Crippen MR) is 89.0 cm³/mol. The fraction of sp³-hybridized carbons (Fsp3) is 0. The third-order valence-corrected chi connectivity index (χ3v) is 4.04. The number of aromatic nitrogens is 5. The van der Waals surface area contributed by atoms with Crippen molar-refractivity contribution in [2.45, 2.75) is 0 Å². The normalized spacial score (nSPS) is 11.5. The van der Waals surface area contributed by atoms with Crippen LogP contribution in [0.4, 0.5) is 0 Å². The summed E-state index contributed by atoms with van der Waals surface area (Å²) in [6.07, 6.45) is 3.38. The summed E-state index contributed by atoms with van der Waals surface area (Å²) in [5.74, 6) is 0. The minimum absolute atomic E-state index is 0.722. The molecule has 0 N–H and O–H groups in total. The largest absolute Gasteiger partial charge is 0.246 e. The van der Waals surface area contributed by atoms with E-state index in [4.69, 9.17) is 4.98 Å². The SMILES string of the molecule is c1ccc(-c2c3ccccc3nc3cnn4cnnc4c23)cc1. The standard InChI is InChI=1S/C18H11N5/c1-2-6-12(7-3-1)16-13-8-4-5-9-14(13)21-15-10-20-23-11-19-22-18(23)17(15)16/h1-11H. The van der Waals surface area contributed by atoms with Gasteiger partial charge in [-0.05, 0) is 11.6 Å². The number of para-hydroxylation sites is 1. The maximum absolute atomic E-state index is 4.75. The zero-order valence-electron chi connectivity index (χ0n) is 12.1. The van der Waals surface area contributed by atoms with Crippen molar-refractivity contribution < 1.29 is 0 Å². The van der Waals surface area contributed by atoms with Crippen molar-refractivity contribution in [3.05, 3.63) is 67.1 Å². The van der Waals surface area contributed by atoms with Crippen LogP contribution >= 0.6 is 0 Å². The first kappa shape index (κ1) is 12.2. The lowest BCUT2D eigenvalue weighted by molar-refractivity contribution is 0.934. The lowest BCUT2D eigenvalue weighted by Crippen LogP contribution is -1.96. The van der Waals surface area contributed by atoms with Crippen LogP contribution in [0.3, 0.4) is 0 Å². The van der Waals surface area contributed by atoms with Gasteiger partial charge in [0.25, 0.3) is 0 Å². The summed E-state index contributed by atoms with van der Waals surface area (Å²) in [4.78, 5) is 4.75. The zero-order chi connectivity index (χ0) is 15.2. The summed E-state index contributed by atoms with van der Waals surface area (Å²) in [6, 6.07) is 18.5. The molecule has 0 aliphatic heterocycles. The predicted octanol–water partition coefficient (Wildman–Crippen LogP) is 3.49. The van der Waals surface area contributed by atoms with E-state index in [9.17, 15) is 0 Å². The molecule has 0 aliphatic carbocycles. The van der Waals surface area contributed by atoms with Gasteiger partial charge in [0.2, 0.25) is 0 Å². The van der Waals surface area contributed by atoms with Crippen molar-refractivity contribution in [2.24, 2.45) is 0 Å². The molecule has 3 aromatic heterocycles. The molecule has 0 unspecified atom stereocenters. The fourth-order valence-corrected chi connectivity index (χ4v) is 3.05. The van der Waals surface area contributed by atoms with Gasteiger partial charge in [-0.1, -0.05) is 48.5 Å². The van der Waals surface area contributed by atoms with Gasteiger partial charge in [-0.3, -0.25) is 0 Å². The average Bonchev–Trinajstić information content (AvgIpc) is 3.09. The van der Waals surface area contributed by atoms with E-state index in [0.29, 0.717) is 0 Å². The number of rotatable bonds is 1. The Hall–Kier alpha value is -3.34. The fourth-order valence-electron chi connectivity index (χ4n) is 3.05. The van der Waals surface area contributed by atoms with Crippen molar-refractivity contribution in [3.63, 3.8) is 0 Å². The summed E-state index contributed by atoms with van der Waals surface area (Å²) < 4.78 is 1.69. The molecule has 5 aromatic rings. The number of pyridine rings is 1. The lowest BCUT2D eigenvalue weighted by Gasteiger charge is -2.11. The molecule has 0 saturated carbocycles. The summed E-state index contributed by atoms with van der Waals surface area (Å²) in [7, 11) is 0. The minimum Gasteiger partial charge on any atom is -0.246 e. The van der Waals surface area contributed by atoms with Crippen LogP contribution in [0.25, 0.3) is 38.6 Å². The van der Waals surface area contributed by atoms with E-state index in [1.54, 1.807) is 17.0 Å². The Balaban J connectivity index is 2.10. The second kappa shape index (κ2) is 4.58. The smallest absolute Gasteiger partial charge is 0.187 e. The summed E-state index contributed by atoms with van der Waals surface area (Å²) in [6.45, 7) is 0. The Morgan fingerprint density at radius 3 is 2.57 bits per heavy atom. The van der Waals surface area contributed by atoms with Crippen LogP contribution in [0.1, 0.15) is 0 Å². The Kier molecular flexibility index (Phi) is 2.43. The summed E-state index contributed by atoms with van der Waals surface area (Å²) in [5.41, 5.74) is 4.74. The molecule has 0 bridgehead atoms. The molecule has 0 fully saturated rings. The second-order valence-electron chi connectivity index (χ2n) is 5.37. The summed E-state index contributed by atoms with van der Waals surface area (Å²) in [5, 5.41) is 14.7. The van der Waals surface area contributed by atoms with Crippen LogP contribution in [0.15, 0.2) is 67.1 Å². The van der Waals surface area contributed by atoms with Gasteiger partial charge in [0.1, 0.15) is 6.33 Å². The van der Waals surface area contributed by atoms with E-state index < -0.39 is 0 Å². The van der Waals surface area contributed by atoms with Crippen LogP contribution in [-0.4, -0.2) is 24.8 Å². The first-order chi connectivity index (χ1) is 11.4. The van der Waals surface area contributed by atoms with Crippen molar-refractivity contribution >= 4 is 27.5 Å². The number of benzene rings is 2. The molecule has 3 heterocycles. The van der Waals surface area contributed by atoms with Gasteiger partial charge >= 0.3 is 0 Å². The highest BCUT2D eigenvalue weighted by atomic mass is 15.3. The monoisotopic (exact) mass is 297 g/mol. The maximum Gasteiger partial charge on any atom is 0.187 e. The molecule has 0 aliphatic rings. The van der Waals surface area contributed by atoms with Crippen LogP contribution < -0.4 is 0 Å². The van der Waals surface area contributed by atoms with Crippen LogP contribution in [0, 0.1) is 0 Å². The first-order valence-electron chi connectivity index (χ1n) is 7.35. The molecule has 0 atom stereocenters. The summed E-state index contributed by atoms with van der Waals surface area (Å²) >= 11 is 0. The minimum atomic E-state index is 0.722. The number of hydrogen-bond donors (Lipinski definition) is 0. The zero-order valence-corrected chi connectivity index (χ0v) is 12.1. The average molecular weight is 297 g/mol. The van der Waals surface area contributed by atoms with Gasteiger partial charge in [0.05, 0.1) is 22.6 Å². The van der Waals surface area contributed by atoms with Crippen molar-refractivity contribution in [2.75, 3.05) is 0 Å². The third-order valence-electron chi connectivity index (χ3n) is 4.04. The number of hydrogen-bond acceptors (Lipinski definition) is 4. The van der Waals surface area contributed by atoms with Gasteiger partial charge in [0, 0.05) is 10.9 Å². The molecule has 0 spiro atoms. The van der Waals surface area contributed by atoms with Crippen molar-refractivity contribution in [3.8, 4) is 11.1 Å². The molecular formula is C18H11N5. The van der Waals surface area contributed by atoms with Gasteiger partial charge in [-0.2, -0.15) is 9.61 Å². The molecule has 0 radical (unpaired) electrons. The Morgan fingerprint density at radius 2 is 1.65 bits per heavy atom. The quantitative estimate of drug-likeness (QED) is 0.444. The first-order valence-corrected chi connectivity index (χ1v) is 7.35. The maximum atomic E-state index is 4.75. The van der Waals surface area contributed by atoms with Gasteiger partial charge in [-0.25, -0.2) is 4.98 Å². The van der Waals surface area contributed by atoms with Gasteiger partial charge in [0.15, 0.2) is 5.65 Å². The molecule has 0 amide bonds. The molecule has 108 valence electrons. The topological polar surface area (TPSA) is 56.0 Å². The molecule has 2 aromatic carbocycles. The van der Waals surface area contributed by atoms with E-state index >= 15 is 0 Å². The highest BCUT2D eigenvalue weighted by Gasteiger charge is 2.15. The lowest BCUT2D eigenvalue weighted by atomic mass is 9.97. The van der Waals surface area contributed by atoms with Crippen LogP contribution in [0.5, 0.6) is 0 Å². The third kappa shape index (κ3) is 1.73. The molecule has 5 nitrogen and oxygen atoms in total. The Labute approximate surface area is 131 Å². The molecule has 5 heteroatoms. The second-order valence-corrected chi connectivity index (χ2v) is 5.37. The van der Waals surface area contributed by atoms with E-state index in [-0.39, 0.29) is 0 Å². The van der Waals surface area contributed by atoms with E-state index in [2.05, 4.69) is 33.5 Å². The number of fused-ring (bicyclic) bond motifs is 4. The molecular weight excluding hydrogens is 286 g/mol. The van der Waals surface area contributed by atoms with Crippen molar-refractivity contribution in [1.82, 2.24) is 24.8 Å². The molecule has 0 saturated heterocycles. The van der Waals surface area contributed by atoms with E-state index in [1.165, 1.54) is 0 Å². The number of nitrogens with zero attached hydrogens (tertiary/aromatic N) is 5.